The molecule has 0 atom stereocenters. The Morgan fingerprint density at radius 2 is 0.885 bits per heavy atom. The number of rotatable bonds is 0. The van der Waals surface area contributed by atoms with Gasteiger partial charge in [-0.05, 0) is 57.6 Å². The van der Waals surface area contributed by atoms with Crippen molar-refractivity contribution in [2.45, 2.75) is 5.41 Å². The fourth-order valence-corrected chi connectivity index (χ4v) is 4.80. The van der Waals surface area contributed by atoms with Crippen LogP contribution in [0.2, 0.25) is 0 Å². The van der Waals surface area contributed by atoms with Crippen LogP contribution in [0.1, 0.15) is 22.3 Å². The summed E-state index contributed by atoms with van der Waals surface area (Å²) in [5.74, 6) is 0. The highest BCUT2D eigenvalue weighted by atomic mass is 14.9. The third-order valence-electron chi connectivity index (χ3n) is 5.88. The van der Waals surface area contributed by atoms with Crippen molar-refractivity contribution >= 4 is 11.4 Å². The zero-order valence-electron chi connectivity index (χ0n) is 14.2. The van der Waals surface area contributed by atoms with Gasteiger partial charge in [-0.2, -0.15) is 0 Å². The lowest BCUT2D eigenvalue weighted by molar-refractivity contribution is 0.768. The molecule has 4 aromatic carbocycles. The van der Waals surface area contributed by atoms with Gasteiger partial charge in [0.2, 0.25) is 0 Å². The molecule has 1 N–H and O–H groups in total. The van der Waals surface area contributed by atoms with Crippen LogP contribution in [0.15, 0.2) is 97.1 Å². The van der Waals surface area contributed by atoms with Gasteiger partial charge in [0.05, 0.1) is 5.41 Å². The van der Waals surface area contributed by atoms with Crippen LogP contribution in [0.3, 0.4) is 0 Å². The molecule has 0 radical (unpaired) electrons. The average Bonchev–Trinajstić information content (AvgIpc) is 3.01. The van der Waals surface area contributed by atoms with E-state index in [2.05, 4.69) is 102 Å². The molecule has 0 saturated carbocycles. The molecule has 26 heavy (non-hydrogen) atoms. The van der Waals surface area contributed by atoms with Crippen LogP contribution < -0.4 is 5.32 Å². The zero-order chi connectivity index (χ0) is 17.1. The largest absolute Gasteiger partial charge is 0.356 e. The number of anilines is 2. The Kier molecular flexibility index (Phi) is 2.60. The van der Waals surface area contributed by atoms with Gasteiger partial charge in [-0.25, -0.2) is 0 Å². The van der Waals surface area contributed by atoms with E-state index < -0.39 is 0 Å². The molecule has 122 valence electrons. The molecule has 0 fully saturated rings. The zero-order valence-corrected chi connectivity index (χ0v) is 14.2. The molecule has 5 aliphatic rings. The molecule has 0 aromatic heterocycles. The summed E-state index contributed by atoms with van der Waals surface area (Å²) in [6, 6.07) is 35.6. The fraction of sp³-hybridized carbons (Fsp3) is 0.0400. The van der Waals surface area contributed by atoms with Gasteiger partial charge in [0.25, 0.3) is 0 Å². The van der Waals surface area contributed by atoms with Crippen molar-refractivity contribution in [1.82, 2.24) is 0 Å². The Hall–Kier alpha value is -3.32. The van der Waals surface area contributed by atoms with Gasteiger partial charge in [-0.1, -0.05) is 72.8 Å². The molecule has 1 aliphatic carbocycles. The molecule has 0 amide bonds. The summed E-state index contributed by atoms with van der Waals surface area (Å²) in [5, 5.41) is 3.48. The maximum atomic E-state index is 3.48. The van der Waals surface area contributed by atoms with E-state index in [-0.39, 0.29) is 5.41 Å². The average molecular weight is 331 g/mol. The normalized spacial score (nSPS) is 14.8. The molecular weight excluding hydrogens is 314 g/mol. The number of nitrogens with one attached hydrogen (secondary N) is 1. The maximum absolute atomic E-state index is 3.48. The van der Waals surface area contributed by atoms with Crippen LogP contribution in [0.25, 0.3) is 11.1 Å². The van der Waals surface area contributed by atoms with E-state index in [4.69, 9.17) is 0 Å². The van der Waals surface area contributed by atoms with Crippen molar-refractivity contribution < 1.29 is 0 Å². The van der Waals surface area contributed by atoms with Gasteiger partial charge in [-0.15, -0.1) is 0 Å². The molecule has 1 nitrogen and oxygen atoms in total. The van der Waals surface area contributed by atoms with Gasteiger partial charge in [-0.3, -0.25) is 0 Å². The first kappa shape index (κ1) is 13.9. The number of hydrogen-bond donors (Lipinski definition) is 1. The van der Waals surface area contributed by atoms with E-state index in [0.29, 0.717) is 0 Å². The first-order valence-electron chi connectivity index (χ1n) is 9.05. The Labute approximate surface area is 153 Å². The number of hydrogen-bond acceptors (Lipinski definition) is 1. The summed E-state index contributed by atoms with van der Waals surface area (Å²) in [5.41, 5.74) is 10.0. The van der Waals surface area contributed by atoms with Gasteiger partial charge in [0, 0.05) is 11.4 Å². The van der Waals surface area contributed by atoms with E-state index in [1.807, 2.05) is 0 Å². The highest BCUT2D eigenvalue weighted by Crippen LogP contribution is 2.56. The van der Waals surface area contributed by atoms with Crippen molar-refractivity contribution in [3.63, 3.8) is 0 Å². The van der Waals surface area contributed by atoms with Gasteiger partial charge >= 0.3 is 0 Å². The predicted molar refractivity (Wildman–Crippen MR) is 107 cm³/mol. The summed E-state index contributed by atoms with van der Waals surface area (Å²) < 4.78 is 0. The van der Waals surface area contributed by atoms with Gasteiger partial charge in [0.15, 0.2) is 0 Å². The number of benzene rings is 4. The smallest absolute Gasteiger partial charge is 0.0713 e. The Morgan fingerprint density at radius 3 is 1.35 bits per heavy atom. The Morgan fingerprint density at radius 1 is 0.462 bits per heavy atom. The summed E-state index contributed by atoms with van der Waals surface area (Å²) in [4.78, 5) is 0. The lowest BCUT2D eigenvalue weighted by atomic mass is 9.67. The molecule has 4 aromatic rings. The monoisotopic (exact) mass is 331 g/mol. The van der Waals surface area contributed by atoms with E-state index in [9.17, 15) is 0 Å². The van der Waals surface area contributed by atoms with Crippen LogP contribution in [0.5, 0.6) is 0 Å². The second-order valence-electron chi connectivity index (χ2n) is 7.12. The van der Waals surface area contributed by atoms with Gasteiger partial charge in [0.1, 0.15) is 0 Å². The minimum atomic E-state index is -0.262. The summed E-state index contributed by atoms with van der Waals surface area (Å²) in [6.45, 7) is 0. The van der Waals surface area contributed by atoms with Crippen LogP contribution in [-0.4, -0.2) is 0 Å². The second-order valence-corrected chi connectivity index (χ2v) is 7.12. The Balaban J connectivity index is 1.84. The fourth-order valence-electron chi connectivity index (χ4n) is 4.80. The lowest BCUT2D eigenvalue weighted by Gasteiger charge is -2.34. The standard InChI is InChI=1S/C25H17N/c1-3-7-23-21(5-1)22-6-2-4-8-24(22)25(23)17-9-13-19(14-10-17)26-20-15-11-18(25)12-16-20/h1-16,26H. The molecule has 1 spiro atoms. The van der Waals surface area contributed by atoms with Crippen molar-refractivity contribution in [3.05, 3.63) is 119 Å². The minimum absolute atomic E-state index is 0.262. The molecule has 0 saturated heterocycles. The topological polar surface area (TPSA) is 12.0 Å². The van der Waals surface area contributed by atoms with E-state index in [1.54, 1.807) is 0 Å². The first-order valence-corrected chi connectivity index (χ1v) is 9.05. The lowest BCUT2D eigenvalue weighted by Crippen LogP contribution is -2.28. The minimum Gasteiger partial charge on any atom is -0.356 e. The molecule has 0 unspecified atom stereocenters. The summed E-state index contributed by atoms with van der Waals surface area (Å²) in [7, 11) is 0. The van der Waals surface area contributed by atoms with E-state index in [0.717, 1.165) is 11.4 Å². The second kappa shape index (κ2) is 4.86. The summed E-state index contributed by atoms with van der Waals surface area (Å²) >= 11 is 0. The maximum Gasteiger partial charge on any atom is 0.0713 e. The van der Waals surface area contributed by atoms with Crippen LogP contribution >= 0.6 is 0 Å². The molecule has 4 heterocycles. The quantitative estimate of drug-likeness (QED) is 0.354. The van der Waals surface area contributed by atoms with Crippen molar-refractivity contribution in [2.75, 3.05) is 5.32 Å². The van der Waals surface area contributed by atoms with Crippen LogP contribution in [-0.2, 0) is 5.41 Å². The van der Waals surface area contributed by atoms with Crippen LogP contribution in [0, 0.1) is 0 Å². The third-order valence-corrected chi connectivity index (χ3v) is 5.88. The third kappa shape index (κ3) is 1.60. The Bertz CT molecular complexity index is 1040. The van der Waals surface area contributed by atoms with Crippen molar-refractivity contribution in [1.29, 1.82) is 0 Å². The molecule has 9 rings (SSSR count). The molecule has 4 aliphatic heterocycles. The van der Waals surface area contributed by atoms with Gasteiger partial charge < -0.3 is 5.32 Å². The molecule has 4 bridgehead atoms. The van der Waals surface area contributed by atoms with Crippen molar-refractivity contribution in [3.8, 4) is 11.1 Å². The van der Waals surface area contributed by atoms with E-state index >= 15 is 0 Å². The van der Waals surface area contributed by atoms with E-state index in [1.165, 1.54) is 33.4 Å². The highest BCUT2D eigenvalue weighted by Gasteiger charge is 2.45. The molecule has 1 heteroatoms. The first-order chi connectivity index (χ1) is 12.9. The SMILES string of the molecule is c1ccc2c(c1)-c1ccccc1C21c2ccc(cc2)Nc2ccc1cc2. The van der Waals surface area contributed by atoms with Crippen molar-refractivity contribution in [2.24, 2.45) is 0 Å². The predicted octanol–water partition coefficient (Wildman–Crippen LogP) is 6.11. The number of fused-ring (bicyclic) bond motifs is 3. The molecular formula is C25H17N. The summed E-state index contributed by atoms with van der Waals surface area (Å²) in [6.07, 6.45) is 0. The van der Waals surface area contributed by atoms with Crippen LogP contribution in [0.4, 0.5) is 11.4 Å². The highest BCUT2D eigenvalue weighted by molar-refractivity contribution is 5.86.